The van der Waals surface area contributed by atoms with Crippen LogP contribution >= 0.6 is 0 Å². The van der Waals surface area contributed by atoms with Crippen LogP contribution in [-0.4, -0.2) is 47.5 Å². The number of anilines is 1. The summed E-state index contributed by atoms with van der Waals surface area (Å²) in [5.74, 6) is -1.10. The van der Waals surface area contributed by atoms with Crippen LogP contribution in [0.2, 0.25) is 0 Å². The first kappa shape index (κ1) is 18.8. The SMILES string of the molecule is CN(C(=O)c1ccccc1NC(=O)NCCC(=O)O)C1CCCCC1. The van der Waals surface area contributed by atoms with E-state index in [4.69, 9.17) is 5.11 Å². The van der Waals surface area contributed by atoms with Crippen LogP contribution in [0, 0.1) is 0 Å². The molecule has 0 aliphatic heterocycles. The third kappa shape index (κ3) is 5.48. The number of carboxylic acids is 1. The first-order valence-electron chi connectivity index (χ1n) is 8.62. The fourth-order valence-corrected chi connectivity index (χ4v) is 3.05. The number of aliphatic carboxylic acids is 1. The number of benzene rings is 1. The predicted molar refractivity (Wildman–Crippen MR) is 94.7 cm³/mol. The molecule has 1 fully saturated rings. The van der Waals surface area contributed by atoms with Crippen LogP contribution < -0.4 is 10.6 Å². The summed E-state index contributed by atoms with van der Waals surface area (Å²) >= 11 is 0. The summed E-state index contributed by atoms with van der Waals surface area (Å²) in [6, 6.07) is 6.56. The monoisotopic (exact) mass is 347 g/mol. The van der Waals surface area contributed by atoms with E-state index in [-0.39, 0.29) is 24.9 Å². The molecular formula is C18H25N3O4. The summed E-state index contributed by atoms with van der Waals surface area (Å²) in [6.45, 7) is 0.0270. The molecule has 3 amide bonds. The second kappa shape index (κ2) is 9.05. The zero-order valence-corrected chi connectivity index (χ0v) is 14.5. The maximum atomic E-state index is 12.8. The number of nitrogens with one attached hydrogen (secondary N) is 2. The molecule has 25 heavy (non-hydrogen) atoms. The highest BCUT2D eigenvalue weighted by Gasteiger charge is 2.24. The molecule has 0 spiro atoms. The zero-order chi connectivity index (χ0) is 18.2. The van der Waals surface area contributed by atoms with Gasteiger partial charge in [0.25, 0.3) is 5.91 Å². The van der Waals surface area contributed by atoms with Crippen LogP contribution in [0.25, 0.3) is 0 Å². The van der Waals surface area contributed by atoms with Crippen molar-refractivity contribution in [1.82, 2.24) is 10.2 Å². The number of carbonyl (C=O) groups is 3. The van der Waals surface area contributed by atoms with Gasteiger partial charge in [-0.25, -0.2) is 4.79 Å². The van der Waals surface area contributed by atoms with Gasteiger partial charge in [-0.15, -0.1) is 0 Å². The summed E-state index contributed by atoms with van der Waals surface area (Å²) in [5, 5.41) is 13.7. The molecule has 3 N–H and O–H groups in total. The fourth-order valence-electron chi connectivity index (χ4n) is 3.05. The first-order chi connectivity index (χ1) is 12.0. The van der Waals surface area contributed by atoms with Crippen LogP contribution in [0.5, 0.6) is 0 Å². The van der Waals surface area contributed by atoms with Gasteiger partial charge in [0.1, 0.15) is 0 Å². The van der Waals surface area contributed by atoms with Crippen molar-refractivity contribution in [3.63, 3.8) is 0 Å². The number of carbonyl (C=O) groups excluding carboxylic acids is 2. The molecule has 1 aromatic carbocycles. The third-order valence-electron chi connectivity index (χ3n) is 4.47. The smallest absolute Gasteiger partial charge is 0.319 e. The molecule has 7 heteroatoms. The van der Waals surface area contributed by atoms with Crippen molar-refractivity contribution < 1.29 is 19.5 Å². The highest BCUT2D eigenvalue weighted by molar-refractivity contribution is 6.03. The van der Waals surface area contributed by atoms with Crippen molar-refractivity contribution >= 4 is 23.6 Å². The molecule has 1 aromatic rings. The largest absolute Gasteiger partial charge is 0.481 e. The molecule has 0 saturated heterocycles. The predicted octanol–water partition coefficient (Wildman–Crippen LogP) is 2.69. The quantitative estimate of drug-likeness (QED) is 0.737. The minimum absolute atomic E-state index is 0.0270. The van der Waals surface area contributed by atoms with Crippen LogP contribution in [0.4, 0.5) is 10.5 Å². The molecule has 2 rings (SSSR count). The lowest BCUT2D eigenvalue weighted by atomic mass is 9.94. The Labute approximate surface area is 147 Å². The van der Waals surface area contributed by atoms with Crippen molar-refractivity contribution in [3.05, 3.63) is 29.8 Å². The zero-order valence-electron chi connectivity index (χ0n) is 14.5. The standard InChI is InChI=1S/C18H25N3O4/c1-21(13-7-3-2-4-8-13)17(24)14-9-5-6-10-15(14)20-18(25)19-12-11-16(22)23/h5-6,9-10,13H,2-4,7-8,11-12H2,1H3,(H,22,23)(H2,19,20,25). The lowest BCUT2D eigenvalue weighted by molar-refractivity contribution is -0.136. The van der Waals surface area contributed by atoms with Gasteiger partial charge in [0.2, 0.25) is 0 Å². The maximum absolute atomic E-state index is 12.8. The second-order valence-electron chi connectivity index (χ2n) is 6.28. The van der Waals surface area contributed by atoms with E-state index in [2.05, 4.69) is 10.6 Å². The Kier molecular flexibility index (Phi) is 6.80. The number of carboxylic acid groups (broad SMARTS) is 1. The maximum Gasteiger partial charge on any atom is 0.319 e. The van der Waals surface area contributed by atoms with Gasteiger partial charge in [0.15, 0.2) is 0 Å². The molecule has 0 radical (unpaired) electrons. The van der Waals surface area contributed by atoms with E-state index in [0.29, 0.717) is 11.3 Å². The summed E-state index contributed by atoms with van der Waals surface area (Å²) in [5.41, 5.74) is 0.854. The van der Waals surface area contributed by atoms with E-state index in [1.54, 1.807) is 29.2 Å². The number of hydrogen-bond acceptors (Lipinski definition) is 3. The Hall–Kier alpha value is -2.57. The van der Waals surface area contributed by atoms with Gasteiger partial charge in [-0.3, -0.25) is 9.59 Å². The number of amides is 3. The fraction of sp³-hybridized carbons (Fsp3) is 0.500. The Morgan fingerprint density at radius 1 is 1.16 bits per heavy atom. The Balaban J connectivity index is 2.02. The van der Waals surface area contributed by atoms with Gasteiger partial charge in [-0.05, 0) is 25.0 Å². The van der Waals surface area contributed by atoms with Crippen LogP contribution in [0.3, 0.4) is 0 Å². The lowest BCUT2D eigenvalue weighted by Gasteiger charge is -2.31. The molecule has 0 atom stereocenters. The van der Waals surface area contributed by atoms with Gasteiger partial charge < -0.3 is 20.6 Å². The molecule has 1 aliphatic rings. The molecule has 0 bridgehead atoms. The van der Waals surface area contributed by atoms with Crippen LogP contribution in [-0.2, 0) is 4.79 Å². The number of nitrogens with zero attached hydrogens (tertiary/aromatic N) is 1. The lowest BCUT2D eigenvalue weighted by Crippen LogP contribution is -2.39. The van der Waals surface area contributed by atoms with E-state index < -0.39 is 12.0 Å². The molecule has 1 saturated carbocycles. The highest BCUT2D eigenvalue weighted by Crippen LogP contribution is 2.24. The van der Waals surface area contributed by atoms with Crippen molar-refractivity contribution in [2.24, 2.45) is 0 Å². The molecule has 136 valence electrons. The van der Waals surface area contributed by atoms with E-state index in [0.717, 1.165) is 25.7 Å². The highest BCUT2D eigenvalue weighted by atomic mass is 16.4. The van der Waals surface area contributed by atoms with E-state index in [1.165, 1.54) is 6.42 Å². The van der Waals surface area contributed by atoms with E-state index in [9.17, 15) is 14.4 Å². The van der Waals surface area contributed by atoms with Crippen molar-refractivity contribution in [1.29, 1.82) is 0 Å². The summed E-state index contributed by atoms with van der Waals surface area (Å²) in [4.78, 5) is 37.0. The first-order valence-corrected chi connectivity index (χ1v) is 8.62. The average Bonchev–Trinajstić information content (AvgIpc) is 2.61. The number of rotatable bonds is 6. The molecule has 1 aliphatic carbocycles. The summed E-state index contributed by atoms with van der Waals surface area (Å²) < 4.78 is 0. The Morgan fingerprint density at radius 2 is 1.84 bits per heavy atom. The summed E-state index contributed by atoms with van der Waals surface area (Å²) in [7, 11) is 1.81. The molecule has 0 aromatic heterocycles. The van der Waals surface area contributed by atoms with Crippen molar-refractivity contribution in [2.75, 3.05) is 18.9 Å². The molecule has 0 heterocycles. The van der Waals surface area contributed by atoms with Gasteiger partial charge in [0.05, 0.1) is 17.7 Å². The minimum atomic E-state index is -0.981. The molecule has 0 unspecified atom stereocenters. The Bertz CT molecular complexity index is 627. The summed E-state index contributed by atoms with van der Waals surface area (Å²) in [6.07, 6.45) is 5.34. The molecule has 7 nitrogen and oxygen atoms in total. The van der Waals surface area contributed by atoms with E-state index >= 15 is 0 Å². The van der Waals surface area contributed by atoms with Crippen LogP contribution in [0.1, 0.15) is 48.9 Å². The average molecular weight is 347 g/mol. The van der Waals surface area contributed by atoms with Crippen molar-refractivity contribution in [2.45, 2.75) is 44.6 Å². The minimum Gasteiger partial charge on any atom is -0.481 e. The van der Waals surface area contributed by atoms with Crippen molar-refractivity contribution in [3.8, 4) is 0 Å². The second-order valence-corrected chi connectivity index (χ2v) is 6.28. The number of para-hydroxylation sites is 1. The number of urea groups is 1. The third-order valence-corrected chi connectivity index (χ3v) is 4.47. The van der Waals surface area contributed by atoms with E-state index in [1.807, 2.05) is 7.05 Å². The van der Waals surface area contributed by atoms with Gasteiger partial charge >= 0.3 is 12.0 Å². The number of hydrogen-bond donors (Lipinski definition) is 3. The Morgan fingerprint density at radius 3 is 2.52 bits per heavy atom. The topological polar surface area (TPSA) is 98.7 Å². The van der Waals surface area contributed by atoms with Crippen LogP contribution in [0.15, 0.2) is 24.3 Å². The van der Waals surface area contributed by atoms with Gasteiger partial charge in [-0.1, -0.05) is 31.4 Å². The molecular weight excluding hydrogens is 322 g/mol. The van der Waals surface area contributed by atoms with Gasteiger partial charge in [-0.2, -0.15) is 0 Å². The normalized spacial score (nSPS) is 14.6. The van der Waals surface area contributed by atoms with Gasteiger partial charge in [0, 0.05) is 19.6 Å².